The fraction of sp³-hybridized carbons (Fsp3) is 0.125. The average Bonchev–Trinajstić information content (AvgIpc) is 2.60. The Balaban J connectivity index is 2.44. The van der Waals surface area contributed by atoms with E-state index >= 15 is 0 Å². The zero-order valence-electron chi connectivity index (χ0n) is 12.9. The van der Waals surface area contributed by atoms with Crippen LogP contribution in [0, 0.1) is 21.4 Å². The van der Waals surface area contributed by atoms with Gasteiger partial charge in [-0.05, 0) is 18.2 Å². The molecule has 0 spiro atoms. The molecule has 122 valence electrons. The predicted molar refractivity (Wildman–Crippen MR) is 85.3 cm³/mol. The van der Waals surface area contributed by atoms with Crippen LogP contribution in [0.2, 0.25) is 0 Å². The van der Waals surface area contributed by atoms with Crippen LogP contribution in [0.25, 0.3) is 0 Å². The smallest absolute Gasteiger partial charge is 0.286 e. The Morgan fingerprint density at radius 3 is 2.46 bits per heavy atom. The number of nitro groups is 1. The van der Waals surface area contributed by atoms with E-state index in [1.807, 2.05) is 6.07 Å². The number of hydrogen-bond donors (Lipinski definition) is 1. The van der Waals surface area contributed by atoms with Crippen molar-refractivity contribution in [3.63, 3.8) is 0 Å². The van der Waals surface area contributed by atoms with Crippen molar-refractivity contribution >= 4 is 17.3 Å². The maximum Gasteiger partial charge on any atom is 0.286 e. The molecule has 0 saturated carbocycles. The monoisotopic (exact) mass is 327 g/mol. The van der Waals surface area contributed by atoms with E-state index in [9.17, 15) is 14.9 Å². The van der Waals surface area contributed by atoms with Crippen LogP contribution in [0.1, 0.15) is 15.9 Å². The van der Waals surface area contributed by atoms with Gasteiger partial charge in [-0.1, -0.05) is 6.07 Å². The van der Waals surface area contributed by atoms with E-state index < -0.39 is 16.5 Å². The lowest BCUT2D eigenvalue weighted by molar-refractivity contribution is -0.385. The summed E-state index contributed by atoms with van der Waals surface area (Å²) < 4.78 is 10.1. The zero-order valence-corrected chi connectivity index (χ0v) is 12.9. The largest absolute Gasteiger partial charge is 0.493 e. The van der Waals surface area contributed by atoms with Gasteiger partial charge in [0.2, 0.25) is 0 Å². The van der Waals surface area contributed by atoms with E-state index in [1.54, 1.807) is 18.2 Å². The van der Waals surface area contributed by atoms with Gasteiger partial charge in [-0.15, -0.1) is 0 Å². The Kier molecular flexibility index (Phi) is 4.96. The van der Waals surface area contributed by atoms with E-state index in [2.05, 4.69) is 5.32 Å². The third-order valence-corrected chi connectivity index (χ3v) is 3.19. The number of ether oxygens (including phenoxy) is 2. The van der Waals surface area contributed by atoms with Gasteiger partial charge in [0.05, 0.1) is 36.8 Å². The number of hydrogen-bond acceptors (Lipinski definition) is 6. The normalized spacial score (nSPS) is 9.71. The van der Waals surface area contributed by atoms with Crippen molar-refractivity contribution in [1.29, 1.82) is 5.26 Å². The molecule has 0 bridgehead atoms. The number of amides is 1. The topological polar surface area (TPSA) is 114 Å². The summed E-state index contributed by atoms with van der Waals surface area (Å²) in [5.41, 5.74) is 0.111. The maximum absolute atomic E-state index is 12.4. The van der Waals surface area contributed by atoms with Gasteiger partial charge in [-0.25, -0.2) is 0 Å². The van der Waals surface area contributed by atoms with Crippen LogP contribution in [-0.4, -0.2) is 25.1 Å². The summed E-state index contributed by atoms with van der Waals surface area (Å²) in [4.78, 5) is 23.0. The number of methoxy groups -OCH3 is 2. The standard InChI is InChI=1S/C16H13N3O5/c1-23-14-7-12(13(19(21)22)8-15(14)24-2)16(20)18-11-5-3-4-10(6-11)9-17/h3-8H,1-2H3,(H,18,20). The molecule has 0 heterocycles. The van der Waals surface area contributed by atoms with E-state index in [0.29, 0.717) is 11.3 Å². The first-order valence-corrected chi connectivity index (χ1v) is 6.72. The average molecular weight is 327 g/mol. The Bertz CT molecular complexity index is 842. The second-order valence-corrected chi connectivity index (χ2v) is 4.63. The van der Waals surface area contributed by atoms with E-state index in [-0.39, 0.29) is 17.1 Å². The van der Waals surface area contributed by atoms with Crippen LogP contribution < -0.4 is 14.8 Å². The quantitative estimate of drug-likeness (QED) is 0.667. The molecule has 0 aliphatic rings. The van der Waals surface area contributed by atoms with E-state index in [1.165, 1.54) is 26.4 Å². The van der Waals surface area contributed by atoms with Crippen LogP contribution in [0.5, 0.6) is 11.5 Å². The first-order valence-electron chi connectivity index (χ1n) is 6.72. The number of rotatable bonds is 5. The Labute approximate surface area is 137 Å². The highest BCUT2D eigenvalue weighted by Crippen LogP contribution is 2.34. The van der Waals surface area contributed by atoms with Gasteiger partial charge >= 0.3 is 0 Å². The van der Waals surface area contributed by atoms with Crippen LogP contribution in [-0.2, 0) is 0 Å². The zero-order chi connectivity index (χ0) is 17.7. The van der Waals surface area contributed by atoms with Gasteiger partial charge < -0.3 is 14.8 Å². The molecule has 2 rings (SSSR count). The third kappa shape index (κ3) is 3.41. The second-order valence-electron chi connectivity index (χ2n) is 4.63. The number of nitrogens with one attached hydrogen (secondary N) is 1. The van der Waals surface area contributed by atoms with Crippen molar-refractivity contribution in [3.8, 4) is 17.6 Å². The van der Waals surface area contributed by atoms with Gasteiger partial charge in [0.15, 0.2) is 11.5 Å². The summed E-state index contributed by atoms with van der Waals surface area (Å²) in [7, 11) is 2.70. The lowest BCUT2D eigenvalue weighted by atomic mass is 10.1. The molecule has 0 fully saturated rings. The Morgan fingerprint density at radius 2 is 1.88 bits per heavy atom. The molecule has 0 atom stereocenters. The summed E-state index contributed by atoms with van der Waals surface area (Å²) >= 11 is 0. The molecule has 24 heavy (non-hydrogen) atoms. The van der Waals surface area contributed by atoms with Crippen LogP contribution in [0.3, 0.4) is 0 Å². The molecule has 0 unspecified atom stereocenters. The van der Waals surface area contributed by atoms with E-state index in [4.69, 9.17) is 14.7 Å². The lowest BCUT2D eigenvalue weighted by Gasteiger charge is -2.11. The Morgan fingerprint density at radius 1 is 1.21 bits per heavy atom. The molecular formula is C16H13N3O5. The molecular weight excluding hydrogens is 314 g/mol. The number of carbonyl (C=O) groups is 1. The highest BCUT2D eigenvalue weighted by Gasteiger charge is 2.24. The maximum atomic E-state index is 12.4. The fourth-order valence-electron chi connectivity index (χ4n) is 2.07. The number of benzene rings is 2. The first kappa shape index (κ1) is 16.8. The molecule has 0 aromatic heterocycles. The van der Waals surface area contributed by atoms with Gasteiger partial charge in [-0.2, -0.15) is 5.26 Å². The summed E-state index contributed by atoms with van der Waals surface area (Å²) in [6.45, 7) is 0. The molecule has 8 nitrogen and oxygen atoms in total. The number of anilines is 1. The van der Waals surface area contributed by atoms with Crippen LogP contribution in [0.15, 0.2) is 36.4 Å². The van der Waals surface area contributed by atoms with E-state index in [0.717, 1.165) is 6.07 Å². The number of carbonyl (C=O) groups excluding carboxylic acids is 1. The minimum absolute atomic E-state index is 0.146. The SMILES string of the molecule is COc1cc(C(=O)Nc2cccc(C#N)c2)c([N+](=O)[O-])cc1OC. The minimum Gasteiger partial charge on any atom is -0.493 e. The van der Waals surface area contributed by atoms with Gasteiger partial charge in [0.1, 0.15) is 5.56 Å². The van der Waals surface area contributed by atoms with Crippen molar-refractivity contribution in [2.45, 2.75) is 0 Å². The van der Waals surface area contributed by atoms with Crippen molar-refractivity contribution in [2.24, 2.45) is 0 Å². The molecule has 0 aliphatic carbocycles. The molecule has 2 aromatic carbocycles. The molecule has 2 aromatic rings. The molecule has 0 saturated heterocycles. The third-order valence-electron chi connectivity index (χ3n) is 3.19. The molecule has 1 N–H and O–H groups in total. The summed E-state index contributed by atoms with van der Waals surface area (Å²) in [5.74, 6) is -0.357. The summed E-state index contributed by atoms with van der Waals surface area (Å²) in [6.07, 6.45) is 0. The van der Waals surface area contributed by atoms with Crippen molar-refractivity contribution in [2.75, 3.05) is 19.5 Å². The highest BCUT2D eigenvalue weighted by molar-refractivity contribution is 6.07. The van der Waals surface area contributed by atoms with Crippen LogP contribution >= 0.6 is 0 Å². The van der Waals surface area contributed by atoms with Crippen molar-refractivity contribution in [3.05, 3.63) is 57.6 Å². The first-order chi connectivity index (χ1) is 11.5. The predicted octanol–water partition coefficient (Wildman–Crippen LogP) is 2.74. The molecule has 8 heteroatoms. The lowest BCUT2D eigenvalue weighted by Crippen LogP contribution is -2.14. The van der Waals surface area contributed by atoms with Gasteiger partial charge in [-0.3, -0.25) is 14.9 Å². The molecule has 1 amide bonds. The molecule has 0 radical (unpaired) electrons. The fourth-order valence-corrected chi connectivity index (χ4v) is 2.07. The number of nitro benzene ring substituents is 1. The van der Waals surface area contributed by atoms with Crippen LogP contribution in [0.4, 0.5) is 11.4 Å². The molecule has 0 aliphatic heterocycles. The van der Waals surface area contributed by atoms with Crippen molar-refractivity contribution in [1.82, 2.24) is 0 Å². The second kappa shape index (κ2) is 7.11. The number of nitriles is 1. The summed E-state index contributed by atoms with van der Waals surface area (Å²) in [5, 5.41) is 22.6. The van der Waals surface area contributed by atoms with Gasteiger partial charge in [0, 0.05) is 11.8 Å². The highest BCUT2D eigenvalue weighted by atomic mass is 16.6. The Hall–Kier alpha value is -3.60. The van der Waals surface area contributed by atoms with Crippen molar-refractivity contribution < 1.29 is 19.2 Å². The summed E-state index contributed by atoms with van der Waals surface area (Å²) in [6, 6.07) is 10.5. The number of nitrogens with zero attached hydrogens (tertiary/aromatic N) is 2. The van der Waals surface area contributed by atoms with Gasteiger partial charge in [0.25, 0.3) is 11.6 Å². The minimum atomic E-state index is -0.697.